The van der Waals surface area contributed by atoms with Crippen LogP contribution in [0.1, 0.15) is 11.1 Å². The lowest BCUT2D eigenvalue weighted by atomic mass is 10.1. The highest BCUT2D eigenvalue weighted by molar-refractivity contribution is 6.34. The van der Waals surface area contributed by atoms with E-state index in [0.717, 1.165) is 49.6 Å². The van der Waals surface area contributed by atoms with E-state index in [4.69, 9.17) is 27.9 Å². The highest BCUT2D eigenvalue weighted by atomic mass is 35.5. The predicted octanol–water partition coefficient (Wildman–Crippen LogP) is 5.67. The molecular weight excluding hydrogens is 431 g/mol. The molecule has 0 spiro atoms. The average molecular weight is 455 g/mol. The van der Waals surface area contributed by atoms with E-state index in [1.54, 1.807) is 18.2 Å². The molecule has 1 fully saturated rings. The summed E-state index contributed by atoms with van der Waals surface area (Å²) in [5, 5.41) is 1.08. The molecule has 0 aliphatic carbocycles. The summed E-state index contributed by atoms with van der Waals surface area (Å²) in [5.74, 6) is 1.55. The minimum Gasteiger partial charge on any atom is -0.457 e. The van der Waals surface area contributed by atoms with E-state index in [2.05, 4.69) is 11.0 Å². The van der Waals surface area contributed by atoms with Crippen molar-refractivity contribution in [2.75, 3.05) is 26.2 Å². The molecule has 0 unspecified atom stereocenters. The summed E-state index contributed by atoms with van der Waals surface area (Å²) >= 11 is 12.1. The van der Waals surface area contributed by atoms with Gasteiger partial charge in [-0.2, -0.15) is 0 Å². The van der Waals surface area contributed by atoms with Crippen molar-refractivity contribution in [1.29, 1.82) is 0 Å². The van der Waals surface area contributed by atoms with Crippen LogP contribution in [0.2, 0.25) is 10.0 Å². The maximum Gasteiger partial charge on any atom is 0.227 e. The van der Waals surface area contributed by atoms with Gasteiger partial charge in [0.2, 0.25) is 5.91 Å². The van der Waals surface area contributed by atoms with Gasteiger partial charge >= 0.3 is 0 Å². The van der Waals surface area contributed by atoms with Crippen LogP contribution in [0.25, 0.3) is 0 Å². The molecule has 1 aliphatic rings. The number of carbonyl (C=O) groups is 1. The Morgan fingerprint density at radius 3 is 2.16 bits per heavy atom. The van der Waals surface area contributed by atoms with Crippen molar-refractivity contribution in [2.24, 2.45) is 0 Å². The largest absolute Gasteiger partial charge is 0.457 e. The van der Waals surface area contributed by atoms with E-state index in [1.807, 2.05) is 53.4 Å². The predicted molar refractivity (Wildman–Crippen MR) is 125 cm³/mol. The summed E-state index contributed by atoms with van der Waals surface area (Å²) in [6, 6.07) is 23.1. The van der Waals surface area contributed by atoms with Crippen LogP contribution in [0, 0.1) is 0 Å². The summed E-state index contributed by atoms with van der Waals surface area (Å²) in [7, 11) is 0. The molecule has 1 amide bonds. The van der Waals surface area contributed by atoms with Crippen LogP contribution in [0.3, 0.4) is 0 Å². The van der Waals surface area contributed by atoms with E-state index in [-0.39, 0.29) is 5.91 Å². The third-order valence-electron chi connectivity index (χ3n) is 5.30. The fraction of sp³-hybridized carbons (Fsp3) is 0.240. The second kappa shape index (κ2) is 10.2. The van der Waals surface area contributed by atoms with Crippen LogP contribution in [0.5, 0.6) is 11.5 Å². The van der Waals surface area contributed by atoms with Crippen LogP contribution >= 0.6 is 23.2 Å². The monoisotopic (exact) mass is 454 g/mol. The highest BCUT2D eigenvalue weighted by Gasteiger charge is 2.21. The lowest BCUT2D eigenvalue weighted by Gasteiger charge is -2.35. The summed E-state index contributed by atoms with van der Waals surface area (Å²) in [6.45, 7) is 4.03. The smallest absolute Gasteiger partial charge is 0.227 e. The van der Waals surface area contributed by atoms with Gasteiger partial charge in [-0.05, 0) is 41.5 Å². The number of halogens is 2. The van der Waals surface area contributed by atoms with Crippen molar-refractivity contribution < 1.29 is 9.53 Å². The Hall–Kier alpha value is -2.53. The molecule has 6 heteroatoms. The molecule has 1 saturated heterocycles. The Kier molecular flexibility index (Phi) is 7.13. The first kappa shape index (κ1) is 21.7. The van der Waals surface area contributed by atoms with Gasteiger partial charge in [0, 0.05) is 42.8 Å². The van der Waals surface area contributed by atoms with E-state index in [0.29, 0.717) is 22.2 Å². The van der Waals surface area contributed by atoms with Crippen LogP contribution in [0.15, 0.2) is 72.8 Å². The zero-order chi connectivity index (χ0) is 21.6. The molecule has 31 heavy (non-hydrogen) atoms. The van der Waals surface area contributed by atoms with Crippen LogP contribution in [-0.2, 0) is 17.8 Å². The van der Waals surface area contributed by atoms with Gasteiger partial charge in [0.05, 0.1) is 6.42 Å². The van der Waals surface area contributed by atoms with E-state index < -0.39 is 0 Å². The number of amides is 1. The van der Waals surface area contributed by atoms with Gasteiger partial charge in [0.15, 0.2) is 0 Å². The minimum atomic E-state index is 0.196. The van der Waals surface area contributed by atoms with Gasteiger partial charge in [-0.3, -0.25) is 9.69 Å². The Balaban J connectivity index is 1.30. The number of hydrogen-bond donors (Lipinski definition) is 0. The number of ether oxygens (including phenoxy) is 1. The van der Waals surface area contributed by atoms with Crippen molar-refractivity contribution in [3.63, 3.8) is 0 Å². The molecule has 1 heterocycles. The van der Waals surface area contributed by atoms with Crippen molar-refractivity contribution >= 4 is 29.1 Å². The summed E-state index contributed by atoms with van der Waals surface area (Å²) in [6.07, 6.45) is 0.466. The first-order chi connectivity index (χ1) is 15.0. The van der Waals surface area contributed by atoms with Crippen molar-refractivity contribution in [3.05, 3.63) is 94.0 Å². The van der Waals surface area contributed by atoms with Crippen molar-refractivity contribution in [1.82, 2.24) is 9.80 Å². The quantitative estimate of drug-likeness (QED) is 0.480. The Morgan fingerprint density at radius 1 is 0.774 bits per heavy atom. The molecular formula is C25H24Cl2N2O2. The summed E-state index contributed by atoms with van der Waals surface area (Å²) < 4.78 is 5.93. The normalized spacial score (nSPS) is 14.5. The van der Waals surface area contributed by atoms with Crippen molar-refractivity contribution in [2.45, 2.75) is 13.0 Å². The standard InChI is InChI=1S/C25H24Cl2N2O2/c26-21-15-22(27)17-24(16-21)31-23-8-4-7-20(13-23)18-28-9-11-29(12-10-28)25(30)14-19-5-2-1-3-6-19/h1-8,13,15-17H,9-12,14,18H2. The van der Waals surface area contributed by atoms with Gasteiger partial charge < -0.3 is 9.64 Å². The second-order valence-corrected chi connectivity index (χ2v) is 8.55. The molecule has 0 radical (unpaired) electrons. The molecule has 4 rings (SSSR count). The highest BCUT2D eigenvalue weighted by Crippen LogP contribution is 2.29. The second-order valence-electron chi connectivity index (χ2n) is 7.67. The number of benzene rings is 3. The van der Waals surface area contributed by atoms with E-state index >= 15 is 0 Å². The number of carbonyl (C=O) groups excluding carboxylic acids is 1. The third-order valence-corrected chi connectivity index (χ3v) is 5.74. The molecule has 0 saturated carbocycles. The fourth-order valence-electron chi connectivity index (χ4n) is 3.73. The van der Waals surface area contributed by atoms with Crippen LogP contribution in [0.4, 0.5) is 0 Å². The van der Waals surface area contributed by atoms with Crippen LogP contribution < -0.4 is 4.74 Å². The number of nitrogens with zero attached hydrogens (tertiary/aromatic N) is 2. The maximum absolute atomic E-state index is 12.6. The molecule has 1 aliphatic heterocycles. The van der Waals surface area contributed by atoms with Gasteiger partial charge in [0.25, 0.3) is 0 Å². The molecule has 160 valence electrons. The van der Waals surface area contributed by atoms with Crippen LogP contribution in [-0.4, -0.2) is 41.9 Å². The molecule has 0 N–H and O–H groups in total. The zero-order valence-electron chi connectivity index (χ0n) is 17.1. The first-order valence-electron chi connectivity index (χ1n) is 10.3. The van der Waals surface area contributed by atoms with Gasteiger partial charge in [-0.15, -0.1) is 0 Å². The SMILES string of the molecule is O=C(Cc1ccccc1)N1CCN(Cc2cccc(Oc3cc(Cl)cc(Cl)c3)c2)CC1. The number of piperazine rings is 1. The number of rotatable bonds is 6. The first-order valence-corrected chi connectivity index (χ1v) is 11.1. The van der Waals surface area contributed by atoms with Gasteiger partial charge in [-0.25, -0.2) is 0 Å². The molecule has 3 aromatic rings. The lowest BCUT2D eigenvalue weighted by molar-refractivity contribution is -0.132. The lowest BCUT2D eigenvalue weighted by Crippen LogP contribution is -2.48. The Morgan fingerprint density at radius 2 is 1.45 bits per heavy atom. The molecule has 0 aromatic heterocycles. The Labute approximate surface area is 192 Å². The molecule has 0 atom stereocenters. The minimum absolute atomic E-state index is 0.196. The maximum atomic E-state index is 12.6. The molecule has 4 nitrogen and oxygen atoms in total. The van der Waals surface area contributed by atoms with E-state index in [1.165, 1.54) is 0 Å². The summed E-state index contributed by atoms with van der Waals surface area (Å²) in [5.41, 5.74) is 2.22. The van der Waals surface area contributed by atoms with Gasteiger partial charge in [0.1, 0.15) is 11.5 Å². The summed E-state index contributed by atoms with van der Waals surface area (Å²) in [4.78, 5) is 16.9. The molecule has 0 bridgehead atoms. The average Bonchev–Trinajstić information content (AvgIpc) is 2.74. The number of hydrogen-bond acceptors (Lipinski definition) is 3. The molecule has 3 aromatic carbocycles. The Bertz CT molecular complexity index is 1010. The zero-order valence-corrected chi connectivity index (χ0v) is 18.6. The van der Waals surface area contributed by atoms with E-state index in [9.17, 15) is 4.79 Å². The fourth-order valence-corrected chi connectivity index (χ4v) is 4.23. The topological polar surface area (TPSA) is 32.8 Å². The van der Waals surface area contributed by atoms with Gasteiger partial charge in [-0.1, -0.05) is 65.7 Å². The third kappa shape index (κ3) is 6.23. The van der Waals surface area contributed by atoms with Crippen molar-refractivity contribution in [3.8, 4) is 11.5 Å².